The Morgan fingerprint density at radius 2 is 1.64 bits per heavy atom. The number of nitrogens with zero attached hydrogens (tertiary/aromatic N) is 5. The number of unbranched alkanes of at least 4 members (excludes halogenated alkanes) is 6. The number of nitrogens with one attached hydrogen (secondary N) is 2. The van der Waals surface area contributed by atoms with Crippen molar-refractivity contribution in [2.75, 3.05) is 13.2 Å². The molecule has 3 aliphatic rings. The van der Waals surface area contributed by atoms with Gasteiger partial charge in [-0.3, -0.25) is 48.5 Å². The summed E-state index contributed by atoms with van der Waals surface area (Å²) in [7, 11) is 0. The minimum Gasteiger partial charge on any atom is -0.485 e. The number of carbonyl (C=O) groups is 6. The van der Waals surface area contributed by atoms with Crippen molar-refractivity contribution in [2.24, 2.45) is 4.99 Å². The first-order valence-electron chi connectivity index (χ1n) is 20.0. The number of aromatic nitrogens is 3. The summed E-state index contributed by atoms with van der Waals surface area (Å²) in [4.78, 5) is 83.4. The fraction of sp³-hybridized carbons (Fsp3) is 0.419. The van der Waals surface area contributed by atoms with E-state index in [1.807, 2.05) is 35.8 Å². The zero-order valence-electron chi connectivity index (χ0n) is 33.3. The van der Waals surface area contributed by atoms with Crippen molar-refractivity contribution in [1.82, 2.24) is 30.3 Å². The molecule has 3 aliphatic heterocycles. The number of imide groups is 2. The largest absolute Gasteiger partial charge is 0.485 e. The van der Waals surface area contributed by atoms with Crippen LogP contribution in [-0.4, -0.2) is 79.9 Å². The summed E-state index contributed by atoms with van der Waals surface area (Å²) in [5.41, 5.74) is 4.02. The van der Waals surface area contributed by atoms with Gasteiger partial charge in [-0.2, -0.15) is 0 Å². The number of ketones is 1. The number of carbonyl (C=O) groups excluding carboxylic acids is 6. The third-order valence-corrected chi connectivity index (χ3v) is 12.5. The van der Waals surface area contributed by atoms with Gasteiger partial charge in [0.2, 0.25) is 17.7 Å². The van der Waals surface area contributed by atoms with Gasteiger partial charge in [-0.15, -0.1) is 21.5 Å². The maximum Gasteiger partial charge on any atom is 0.266 e. The summed E-state index contributed by atoms with van der Waals surface area (Å²) >= 11 is 7.89. The number of hydrogen-bond donors (Lipinski definition) is 2. The van der Waals surface area contributed by atoms with Gasteiger partial charge in [-0.1, -0.05) is 61.9 Å². The Kier molecular flexibility index (Phi) is 12.8. The molecule has 2 aromatic heterocycles. The molecule has 7 rings (SSSR count). The number of ether oxygens (including phenoxy) is 1. The Morgan fingerprint density at radius 3 is 2.39 bits per heavy atom. The highest BCUT2D eigenvalue weighted by molar-refractivity contribution is 7.15. The molecule has 5 amide bonds. The molecule has 0 spiro atoms. The van der Waals surface area contributed by atoms with Gasteiger partial charge in [0.1, 0.15) is 35.3 Å². The van der Waals surface area contributed by atoms with E-state index in [2.05, 4.69) is 34.7 Å². The third-order valence-electron chi connectivity index (χ3n) is 11.0. The number of halogens is 1. The normalized spacial score (nSPS) is 17.2. The van der Waals surface area contributed by atoms with Gasteiger partial charge in [0.25, 0.3) is 11.8 Å². The lowest BCUT2D eigenvalue weighted by Crippen LogP contribution is -2.54. The molecule has 5 heterocycles. The van der Waals surface area contributed by atoms with Gasteiger partial charge in [-0.25, -0.2) is 0 Å². The second-order valence-corrected chi connectivity index (χ2v) is 16.8. The van der Waals surface area contributed by atoms with Crippen molar-refractivity contribution in [1.29, 1.82) is 0 Å². The molecule has 1 saturated heterocycles. The average Bonchev–Trinajstić information content (AvgIpc) is 3.79. The van der Waals surface area contributed by atoms with Crippen LogP contribution in [0.15, 0.2) is 47.5 Å². The first-order chi connectivity index (χ1) is 28.4. The van der Waals surface area contributed by atoms with E-state index >= 15 is 0 Å². The SMILES string of the molecule is Cc1sc2c(c1C)C(c1ccc(Cl)cc1)=N[C@@H](CC(=O)NCCCCCCCCCC(=O)COc1cccc3c1C(=O)N(C1CCC(=O)NC1=O)C3=O)c1nnc(C)n1-2. The van der Waals surface area contributed by atoms with Crippen molar-refractivity contribution in [3.8, 4) is 10.8 Å². The van der Waals surface area contributed by atoms with Gasteiger partial charge >= 0.3 is 0 Å². The number of rotatable bonds is 17. The summed E-state index contributed by atoms with van der Waals surface area (Å²) in [5.74, 6) is -1.16. The van der Waals surface area contributed by atoms with Crippen molar-refractivity contribution in [3.63, 3.8) is 0 Å². The van der Waals surface area contributed by atoms with Gasteiger partial charge in [0, 0.05) is 40.4 Å². The van der Waals surface area contributed by atoms with Gasteiger partial charge < -0.3 is 10.1 Å². The maximum atomic E-state index is 13.3. The number of amides is 5. The number of hydrogen-bond acceptors (Lipinski definition) is 11. The Labute approximate surface area is 350 Å². The smallest absolute Gasteiger partial charge is 0.266 e. The van der Waals surface area contributed by atoms with E-state index in [1.165, 1.54) is 17.0 Å². The van der Waals surface area contributed by atoms with Crippen molar-refractivity contribution >= 4 is 64.0 Å². The van der Waals surface area contributed by atoms with E-state index in [1.54, 1.807) is 17.4 Å². The number of aryl methyl sites for hydroxylation is 2. The lowest BCUT2D eigenvalue weighted by atomic mass is 9.99. The second-order valence-electron chi connectivity index (χ2n) is 15.1. The van der Waals surface area contributed by atoms with Crippen LogP contribution in [0, 0.1) is 20.8 Å². The monoisotopic (exact) mass is 839 g/mol. The fourth-order valence-electron chi connectivity index (χ4n) is 7.77. The molecule has 1 fully saturated rings. The first-order valence-corrected chi connectivity index (χ1v) is 21.2. The van der Waals surface area contributed by atoms with E-state index in [0.29, 0.717) is 30.2 Å². The standard InChI is InChI=1S/C43H46ClN7O7S/c1-24-25(2)59-43-36(24)38(27-15-17-28(44)18-16-27)46-31(39-49-48-26(3)50(39)43)22-35(54)45-21-10-8-6-4-5-7-9-12-29(52)23-58-33-14-11-13-30-37(33)42(57)51(41(30)56)32-19-20-34(53)47-40(32)55/h11,13-18,31-32H,4-10,12,19-23H2,1-3H3,(H,45,54)(H,47,53,55)/t31-,32?/m0/s1. The average molecular weight is 840 g/mol. The van der Waals surface area contributed by atoms with E-state index in [-0.39, 0.29) is 54.4 Å². The Hall–Kier alpha value is -5.54. The summed E-state index contributed by atoms with van der Waals surface area (Å²) < 4.78 is 7.76. The molecule has 1 unspecified atom stereocenters. The van der Waals surface area contributed by atoms with Crippen LogP contribution in [0.2, 0.25) is 5.02 Å². The van der Waals surface area contributed by atoms with Crippen LogP contribution in [-0.2, 0) is 19.2 Å². The van der Waals surface area contributed by atoms with Gasteiger partial charge in [0.15, 0.2) is 11.6 Å². The molecule has 2 aromatic carbocycles. The van der Waals surface area contributed by atoms with Crippen molar-refractivity contribution in [3.05, 3.63) is 91.8 Å². The van der Waals surface area contributed by atoms with Gasteiger partial charge in [0.05, 0.1) is 23.3 Å². The molecule has 16 heteroatoms. The number of fused-ring (bicyclic) bond motifs is 4. The van der Waals surface area contributed by atoms with Gasteiger partial charge in [-0.05, 0) is 69.9 Å². The van der Waals surface area contributed by atoms with E-state index in [4.69, 9.17) is 21.3 Å². The van der Waals surface area contributed by atoms with Crippen LogP contribution < -0.4 is 15.4 Å². The number of piperidine rings is 1. The van der Waals surface area contributed by atoms with Crippen LogP contribution >= 0.6 is 22.9 Å². The van der Waals surface area contributed by atoms with Crippen LogP contribution in [0.5, 0.6) is 5.75 Å². The molecular formula is C43H46ClN7O7S. The van der Waals surface area contributed by atoms with Crippen LogP contribution in [0.3, 0.4) is 0 Å². The van der Waals surface area contributed by atoms with Crippen molar-refractivity contribution in [2.45, 2.75) is 103 Å². The summed E-state index contributed by atoms with van der Waals surface area (Å²) in [6.07, 6.45) is 6.93. The maximum absolute atomic E-state index is 13.3. The zero-order chi connectivity index (χ0) is 41.8. The highest BCUT2D eigenvalue weighted by Crippen LogP contribution is 2.40. The zero-order valence-corrected chi connectivity index (χ0v) is 34.8. The van der Waals surface area contributed by atoms with E-state index in [0.717, 1.165) is 76.7 Å². The molecule has 0 saturated carbocycles. The lowest BCUT2D eigenvalue weighted by molar-refractivity contribution is -0.136. The molecule has 2 N–H and O–H groups in total. The Bertz CT molecular complexity index is 2350. The molecule has 0 bridgehead atoms. The topological polar surface area (TPSA) is 182 Å². The highest BCUT2D eigenvalue weighted by atomic mass is 35.5. The van der Waals surface area contributed by atoms with Crippen LogP contribution in [0.25, 0.3) is 5.00 Å². The lowest BCUT2D eigenvalue weighted by Gasteiger charge is -2.27. The van der Waals surface area contributed by atoms with E-state index < -0.39 is 35.7 Å². The summed E-state index contributed by atoms with van der Waals surface area (Å²) in [6.45, 7) is 6.43. The molecule has 4 aromatic rings. The van der Waals surface area contributed by atoms with E-state index in [9.17, 15) is 28.8 Å². The second kappa shape index (κ2) is 18.2. The molecule has 0 radical (unpaired) electrons. The van der Waals surface area contributed by atoms with Crippen LogP contribution in [0.4, 0.5) is 0 Å². The Balaban J connectivity index is 0.812. The number of aliphatic imine (C=N–C) groups is 1. The highest BCUT2D eigenvalue weighted by Gasteiger charge is 2.46. The molecular weight excluding hydrogens is 794 g/mol. The molecule has 308 valence electrons. The quantitative estimate of drug-likeness (QED) is 0.0889. The molecule has 59 heavy (non-hydrogen) atoms. The van der Waals surface area contributed by atoms with Crippen LogP contribution in [0.1, 0.15) is 131 Å². The Morgan fingerprint density at radius 1 is 0.915 bits per heavy atom. The number of Topliss-reactive ketones (excluding diaryl/α,β-unsaturated/α-hetero) is 1. The predicted molar refractivity (Wildman–Crippen MR) is 221 cm³/mol. The fourth-order valence-corrected chi connectivity index (χ4v) is 9.11. The summed E-state index contributed by atoms with van der Waals surface area (Å²) in [5, 5.41) is 15.8. The first kappa shape index (κ1) is 41.6. The minimum absolute atomic E-state index is 0.0234. The summed E-state index contributed by atoms with van der Waals surface area (Å²) in [6, 6.07) is 10.6. The third kappa shape index (κ3) is 8.91. The molecule has 14 nitrogen and oxygen atoms in total. The van der Waals surface area contributed by atoms with Crippen molar-refractivity contribution < 1.29 is 33.5 Å². The molecule has 2 atom stereocenters. The number of thiophene rings is 1. The molecule has 0 aliphatic carbocycles. The number of benzene rings is 2. The minimum atomic E-state index is -1.08. The predicted octanol–water partition coefficient (Wildman–Crippen LogP) is 6.48.